The molecule has 1 amide bonds. The summed E-state index contributed by atoms with van der Waals surface area (Å²) in [6.07, 6.45) is 0. The van der Waals surface area contributed by atoms with Crippen molar-refractivity contribution >= 4 is 22.5 Å². The molecule has 0 radical (unpaired) electrons. The molecule has 138 valence electrons. The average molecular weight is 364 g/mol. The van der Waals surface area contributed by atoms with Gasteiger partial charge in [-0.25, -0.2) is 4.98 Å². The topological polar surface area (TPSA) is 69.7 Å². The maximum Gasteiger partial charge on any atom is 0.231 e. The molecule has 0 aliphatic carbocycles. The quantitative estimate of drug-likeness (QED) is 0.763. The standard InChI is InChI=1S/C21H20N2O4/c1-13(14-3-7-18-19(12-14)27-10-9-26-18)21(24)22-16-5-6-17-15(11-16)4-8-20(23-17)25-2/h3-8,11-13H,9-10H2,1-2H3,(H,22,24). The first kappa shape index (κ1) is 17.1. The van der Waals surface area contributed by atoms with E-state index in [2.05, 4.69) is 10.3 Å². The second kappa shape index (κ2) is 7.15. The van der Waals surface area contributed by atoms with Gasteiger partial charge in [-0.3, -0.25) is 4.79 Å². The van der Waals surface area contributed by atoms with Gasteiger partial charge in [0.25, 0.3) is 0 Å². The Hall–Kier alpha value is -3.28. The van der Waals surface area contributed by atoms with Crippen LogP contribution in [0.4, 0.5) is 5.69 Å². The Bertz CT molecular complexity index is 1000. The van der Waals surface area contributed by atoms with Crippen molar-refractivity contribution in [3.05, 3.63) is 54.1 Å². The molecular weight excluding hydrogens is 344 g/mol. The summed E-state index contributed by atoms with van der Waals surface area (Å²) >= 11 is 0. The maximum atomic E-state index is 12.7. The number of benzene rings is 2. The number of methoxy groups -OCH3 is 1. The highest BCUT2D eigenvalue weighted by Crippen LogP contribution is 2.33. The number of carbonyl (C=O) groups excluding carboxylic acids is 1. The minimum atomic E-state index is -0.328. The van der Waals surface area contributed by atoms with Gasteiger partial charge in [-0.15, -0.1) is 0 Å². The third-order valence-corrected chi connectivity index (χ3v) is 4.60. The summed E-state index contributed by atoms with van der Waals surface area (Å²) < 4.78 is 16.3. The number of rotatable bonds is 4. The lowest BCUT2D eigenvalue weighted by Gasteiger charge is -2.20. The predicted molar refractivity (Wildman–Crippen MR) is 103 cm³/mol. The molecule has 0 bridgehead atoms. The smallest absolute Gasteiger partial charge is 0.231 e. The number of anilines is 1. The molecule has 1 aliphatic heterocycles. The number of pyridine rings is 1. The molecule has 0 fully saturated rings. The Labute approximate surface area is 157 Å². The number of nitrogens with zero attached hydrogens (tertiary/aromatic N) is 1. The number of nitrogens with one attached hydrogen (secondary N) is 1. The van der Waals surface area contributed by atoms with Crippen molar-refractivity contribution in [1.29, 1.82) is 0 Å². The van der Waals surface area contributed by atoms with Gasteiger partial charge in [-0.2, -0.15) is 0 Å². The number of ether oxygens (including phenoxy) is 3. The highest BCUT2D eigenvalue weighted by molar-refractivity contribution is 5.97. The second-order valence-corrected chi connectivity index (χ2v) is 6.38. The monoisotopic (exact) mass is 364 g/mol. The Morgan fingerprint density at radius 1 is 1.07 bits per heavy atom. The average Bonchev–Trinajstić information content (AvgIpc) is 2.72. The zero-order chi connectivity index (χ0) is 18.8. The Morgan fingerprint density at radius 3 is 2.70 bits per heavy atom. The zero-order valence-electron chi connectivity index (χ0n) is 15.2. The number of carbonyl (C=O) groups is 1. The van der Waals surface area contributed by atoms with E-state index in [1.807, 2.05) is 49.4 Å². The first-order valence-corrected chi connectivity index (χ1v) is 8.79. The summed E-state index contributed by atoms with van der Waals surface area (Å²) in [7, 11) is 1.59. The van der Waals surface area contributed by atoms with Crippen LogP contribution in [0, 0.1) is 0 Å². The summed E-state index contributed by atoms with van der Waals surface area (Å²) in [5.41, 5.74) is 2.42. The van der Waals surface area contributed by atoms with Crippen LogP contribution in [0.1, 0.15) is 18.4 Å². The molecule has 0 saturated heterocycles. The van der Waals surface area contributed by atoms with E-state index < -0.39 is 0 Å². The van der Waals surface area contributed by atoms with Gasteiger partial charge in [0.15, 0.2) is 11.5 Å². The number of hydrogen-bond acceptors (Lipinski definition) is 5. The van der Waals surface area contributed by atoms with Crippen molar-refractivity contribution in [2.75, 3.05) is 25.6 Å². The van der Waals surface area contributed by atoms with E-state index in [1.165, 1.54) is 0 Å². The van der Waals surface area contributed by atoms with E-state index in [0.29, 0.717) is 24.8 Å². The Kier molecular flexibility index (Phi) is 4.54. The fourth-order valence-electron chi connectivity index (χ4n) is 3.03. The van der Waals surface area contributed by atoms with Crippen LogP contribution < -0.4 is 19.5 Å². The van der Waals surface area contributed by atoms with E-state index in [4.69, 9.17) is 14.2 Å². The van der Waals surface area contributed by atoms with Gasteiger partial charge < -0.3 is 19.5 Å². The Morgan fingerprint density at radius 2 is 1.89 bits per heavy atom. The van der Waals surface area contributed by atoms with Crippen LogP contribution in [0.5, 0.6) is 17.4 Å². The first-order chi connectivity index (χ1) is 13.1. The van der Waals surface area contributed by atoms with Gasteiger partial charge in [-0.1, -0.05) is 6.07 Å². The highest BCUT2D eigenvalue weighted by atomic mass is 16.6. The van der Waals surface area contributed by atoms with Crippen molar-refractivity contribution in [2.24, 2.45) is 0 Å². The van der Waals surface area contributed by atoms with E-state index >= 15 is 0 Å². The molecule has 1 unspecified atom stereocenters. The normalized spacial score (nSPS) is 13.9. The van der Waals surface area contributed by atoms with Gasteiger partial charge in [0, 0.05) is 17.1 Å². The SMILES string of the molecule is COc1ccc2cc(NC(=O)C(C)c3ccc4c(c3)OCCO4)ccc2n1. The fraction of sp³-hybridized carbons (Fsp3) is 0.238. The molecule has 2 heterocycles. The van der Waals surface area contributed by atoms with Crippen molar-refractivity contribution in [2.45, 2.75) is 12.8 Å². The van der Waals surface area contributed by atoms with Crippen molar-refractivity contribution in [3.8, 4) is 17.4 Å². The Balaban J connectivity index is 1.52. The molecule has 1 aromatic heterocycles. The minimum Gasteiger partial charge on any atom is -0.486 e. The third kappa shape index (κ3) is 3.51. The van der Waals surface area contributed by atoms with E-state index in [0.717, 1.165) is 27.9 Å². The van der Waals surface area contributed by atoms with Crippen LogP contribution in [-0.4, -0.2) is 31.2 Å². The molecule has 1 N–H and O–H groups in total. The minimum absolute atomic E-state index is 0.0903. The van der Waals surface area contributed by atoms with Gasteiger partial charge in [0.2, 0.25) is 11.8 Å². The number of fused-ring (bicyclic) bond motifs is 2. The molecule has 27 heavy (non-hydrogen) atoms. The maximum absolute atomic E-state index is 12.7. The van der Waals surface area contributed by atoms with Gasteiger partial charge in [-0.05, 0) is 48.9 Å². The van der Waals surface area contributed by atoms with E-state index in [1.54, 1.807) is 13.2 Å². The summed E-state index contributed by atoms with van der Waals surface area (Å²) in [6, 6.07) is 14.9. The molecule has 4 rings (SSSR count). The van der Waals surface area contributed by atoms with Crippen LogP contribution in [0.3, 0.4) is 0 Å². The van der Waals surface area contributed by atoms with Crippen LogP contribution in [-0.2, 0) is 4.79 Å². The van der Waals surface area contributed by atoms with Gasteiger partial charge in [0.1, 0.15) is 13.2 Å². The van der Waals surface area contributed by atoms with Crippen LogP contribution in [0.25, 0.3) is 10.9 Å². The van der Waals surface area contributed by atoms with Crippen molar-refractivity contribution < 1.29 is 19.0 Å². The lowest BCUT2D eigenvalue weighted by Crippen LogP contribution is -2.20. The summed E-state index contributed by atoms with van der Waals surface area (Å²) in [6.45, 7) is 2.94. The molecule has 1 atom stereocenters. The lowest BCUT2D eigenvalue weighted by atomic mass is 9.99. The molecule has 1 aliphatic rings. The number of hydrogen-bond donors (Lipinski definition) is 1. The number of aromatic nitrogens is 1. The summed E-state index contributed by atoms with van der Waals surface area (Å²) in [5, 5.41) is 3.90. The van der Waals surface area contributed by atoms with E-state index in [-0.39, 0.29) is 11.8 Å². The number of amides is 1. The second-order valence-electron chi connectivity index (χ2n) is 6.38. The van der Waals surface area contributed by atoms with Crippen LogP contribution in [0.2, 0.25) is 0 Å². The molecular formula is C21H20N2O4. The molecule has 6 heteroatoms. The third-order valence-electron chi connectivity index (χ3n) is 4.60. The van der Waals surface area contributed by atoms with Crippen molar-refractivity contribution in [3.63, 3.8) is 0 Å². The van der Waals surface area contributed by atoms with E-state index in [9.17, 15) is 4.79 Å². The summed E-state index contributed by atoms with van der Waals surface area (Å²) in [5.74, 6) is 1.55. The largest absolute Gasteiger partial charge is 0.486 e. The summed E-state index contributed by atoms with van der Waals surface area (Å²) in [4.78, 5) is 17.1. The highest BCUT2D eigenvalue weighted by Gasteiger charge is 2.19. The van der Waals surface area contributed by atoms with Gasteiger partial charge >= 0.3 is 0 Å². The molecule has 0 saturated carbocycles. The van der Waals surface area contributed by atoms with Gasteiger partial charge in [0.05, 0.1) is 18.5 Å². The van der Waals surface area contributed by atoms with Crippen LogP contribution in [0.15, 0.2) is 48.5 Å². The van der Waals surface area contributed by atoms with Crippen LogP contribution >= 0.6 is 0 Å². The first-order valence-electron chi connectivity index (χ1n) is 8.79. The molecule has 6 nitrogen and oxygen atoms in total. The van der Waals surface area contributed by atoms with Crippen molar-refractivity contribution in [1.82, 2.24) is 4.98 Å². The molecule has 2 aromatic carbocycles. The predicted octanol–water partition coefficient (Wildman–Crippen LogP) is 3.76. The molecule has 3 aromatic rings. The lowest BCUT2D eigenvalue weighted by molar-refractivity contribution is -0.117. The zero-order valence-corrected chi connectivity index (χ0v) is 15.2. The fourth-order valence-corrected chi connectivity index (χ4v) is 3.03. The molecule has 0 spiro atoms.